The molecule has 0 aliphatic heterocycles. The molecule has 4 nitrogen and oxygen atoms in total. The van der Waals surface area contributed by atoms with Crippen LogP contribution in [0.15, 0.2) is 24.3 Å². The zero-order valence-electron chi connectivity index (χ0n) is 12.5. The van der Waals surface area contributed by atoms with Crippen LogP contribution in [0.25, 0.3) is 0 Å². The molecule has 4 heteroatoms. The lowest BCUT2D eigenvalue weighted by Gasteiger charge is -2.08. The van der Waals surface area contributed by atoms with Gasteiger partial charge >= 0.3 is 0 Å². The average Bonchev–Trinajstić information content (AvgIpc) is 2.38. The van der Waals surface area contributed by atoms with Crippen LogP contribution < -0.4 is 10.6 Å². The zero-order chi connectivity index (χ0) is 15.0. The predicted molar refractivity (Wildman–Crippen MR) is 81.5 cm³/mol. The highest BCUT2D eigenvalue weighted by molar-refractivity contribution is 6.03. The van der Waals surface area contributed by atoms with Crippen molar-refractivity contribution in [3.05, 3.63) is 29.8 Å². The number of hydrogen-bond acceptors (Lipinski definition) is 2. The smallest absolute Gasteiger partial charge is 0.233 e. The van der Waals surface area contributed by atoms with Crippen molar-refractivity contribution in [2.45, 2.75) is 40.0 Å². The molecule has 1 rings (SSSR count). The molecule has 0 aliphatic rings. The van der Waals surface area contributed by atoms with Gasteiger partial charge in [0.05, 0.1) is 0 Å². The highest BCUT2D eigenvalue weighted by Gasteiger charge is 2.09. The molecule has 0 spiro atoms. The maximum absolute atomic E-state index is 11.7. The van der Waals surface area contributed by atoms with Crippen molar-refractivity contribution in [3.8, 4) is 0 Å². The van der Waals surface area contributed by atoms with Gasteiger partial charge in [-0.25, -0.2) is 0 Å². The number of anilines is 1. The Labute approximate surface area is 121 Å². The van der Waals surface area contributed by atoms with E-state index in [0.717, 1.165) is 18.5 Å². The monoisotopic (exact) mass is 276 g/mol. The molecule has 0 saturated carbocycles. The Kier molecular flexibility index (Phi) is 6.77. The number of carbonyl (C=O) groups excluding carboxylic acids is 2. The van der Waals surface area contributed by atoms with E-state index in [-0.39, 0.29) is 18.2 Å². The van der Waals surface area contributed by atoms with Gasteiger partial charge < -0.3 is 10.6 Å². The first-order chi connectivity index (χ1) is 9.51. The largest absolute Gasteiger partial charge is 0.356 e. The third-order valence-corrected chi connectivity index (χ3v) is 3.01. The number of benzene rings is 1. The molecule has 0 atom stereocenters. The Hall–Kier alpha value is -1.84. The van der Waals surface area contributed by atoms with E-state index in [2.05, 4.69) is 31.4 Å². The molecule has 0 unspecified atom stereocenters. The van der Waals surface area contributed by atoms with Crippen molar-refractivity contribution in [2.24, 2.45) is 5.92 Å². The first-order valence-corrected chi connectivity index (χ1v) is 7.16. The molecule has 0 saturated heterocycles. The van der Waals surface area contributed by atoms with Crippen LogP contribution in [-0.2, 0) is 16.0 Å². The van der Waals surface area contributed by atoms with Gasteiger partial charge in [-0.2, -0.15) is 0 Å². The van der Waals surface area contributed by atoms with E-state index in [9.17, 15) is 9.59 Å². The number of rotatable bonds is 7. The van der Waals surface area contributed by atoms with Crippen molar-refractivity contribution in [1.82, 2.24) is 5.32 Å². The first-order valence-electron chi connectivity index (χ1n) is 7.16. The molecule has 0 aliphatic carbocycles. The van der Waals surface area contributed by atoms with Crippen molar-refractivity contribution < 1.29 is 9.59 Å². The van der Waals surface area contributed by atoms with E-state index in [1.54, 1.807) is 0 Å². The lowest BCUT2D eigenvalue weighted by atomic mass is 10.1. The van der Waals surface area contributed by atoms with E-state index >= 15 is 0 Å². The molecule has 0 heterocycles. The van der Waals surface area contributed by atoms with Gasteiger partial charge in [0.1, 0.15) is 6.42 Å². The Bertz CT molecular complexity index is 438. The fourth-order valence-electron chi connectivity index (χ4n) is 1.74. The molecular formula is C16H24N2O2. The molecule has 0 fully saturated rings. The summed E-state index contributed by atoms with van der Waals surface area (Å²) in [6, 6.07) is 7.65. The van der Waals surface area contributed by atoms with E-state index in [1.807, 2.05) is 24.3 Å². The minimum Gasteiger partial charge on any atom is -0.356 e. The van der Waals surface area contributed by atoms with Crippen LogP contribution in [0.5, 0.6) is 0 Å². The fraction of sp³-hybridized carbons (Fsp3) is 0.500. The van der Waals surface area contributed by atoms with Crippen LogP contribution in [0.4, 0.5) is 5.69 Å². The molecule has 1 aromatic carbocycles. The molecule has 0 radical (unpaired) electrons. The number of nitrogens with one attached hydrogen (secondary N) is 2. The van der Waals surface area contributed by atoms with Gasteiger partial charge in [-0.15, -0.1) is 0 Å². The zero-order valence-corrected chi connectivity index (χ0v) is 12.5. The molecule has 2 amide bonds. The van der Waals surface area contributed by atoms with Gasteiger partial charge in [0.2, 0.25) is 11.8 Å². The van der Waals surface area contributed by atoms with Gasteiger partial charge in [-0.05, 0) is 36.5 Å². The molecule has 2 N–H and O–H groups in total. The summed E-state index contributed by atoms with van der Waals surface area (Å²) in [6.45, 7) is 6.89. The quantitative estimate of drug-likeness (QED) is 0.752. The number of hydrogen-bond donors (Lipinski definition) is 2. The van der Waals surface area contributed by atoms with Gasteiger partial charge in [0.15, 0.2) is 0 Å². The van der Waals surface area contributed by atoms with Crippen LogP contribution in [0.3, 0.4) is 0 Å². The van der Waals surface area contributed by atoms with Crippen molar-refractivity contribution >= 4 is 17.5 Å². The van der Waals surface area contributed by atoms with Gasteiger partial charge in [0, 0.05) is 12.2 Å². The van der Waals surface area contributed by atoms with Crippen LogP contribution >= 0.6 is 0 Å². The lowest BCUT2D eigenvalue weighted by molar-refractivity contribution is -0.126. The van der Waals surface area contributed by atoms with Crippen LogP contribution in [0.1, 0.15) is 39.2 Å². The normalized spacial score (nSPS) is 10.4. The second kappa shape index (κ2) is 8.35. The van der Waals surface area contributed by atoms with E-state index in [1.165, 1.54) is 5.56 Å². The van der Waals surface area contributed by atoms with Gasteiger partial charge in [-0.3, -0.25) is 9.59 Å². The van der Waals surface area contributed by atoms with Crippen molar-refractivity contribution in [3.63, 3.8) is 0 Å². The number of carbonyl (C=O) groups is 2. The first kappa shape index (κ1) is 16.2. The molecular weight excluding hydrogens is 252 g/mol. The molecule has 110 valence electrons. The summed E-state index contributed by atoms with van der Waals surface area (Å²) in [6.07, 6.45) is 1.76. The number of amides is 2. The summed E-state index contributed by atoms with van der Waals surface area (Å²) in [7, 11) is 0. The minimum absolute atomic E-state index is 0.131. The highest BCUT2D eigenvalue weighted by Crippen LogP contribution is 2.10. The Morgan fingerprint density at radius 1 is 1.10 bits per heavy atom. The summed E-state index contributed by atoms with van der Waals surface area (Å²) in [5.74, 6) is 0.0332. The highest BCUT2D eigenvalue weighted by atomic mass is 16.2. The molecule has 1 aromatic rings. The Morgan fingerprint density at radius 2 is 1.75 bits per heavy atom. The predicted octanol–water partition coefficient (Wildman–Crippen LogP) is 2.74. The van der Waals surface area contributed by atoms with E-state index < -0.39 is 0 Å². The van der Waals surface area contributed by atoms with Gasteiger partial charge in [0.25, 0.3) is 0 Å². The minimum atomic E-state index is -0.281. The summed E-state index contributed by atoms with van der Waals surface area (Å²) < 4.78 is 0. The standard InChI is InChI=1S/C16H24N2O2/c1-4-13-5-7-14(8-6-13)18-16(20)11-15(19)17-10-9-12(2)3/h5-8,12H,4,9-11H2,1-3H3,(H,17,19)(H,18,20). The second-order valence-corrected chi connectivity index (χ2v) is 5.31. The topological polar surface area (TPSA) is 58.2 Å². The number of aryl methyl sites for hydroxylation is 1. The Morgan fingerprint density at radius 3 is 2.30 bits per heavy atom. The third kappa shape index (κ3) is 6.36. The molecule has 0 bridgehead atoms. The van der Waals surface area contributed by atoms with E-state index in [0.29, 0.717) is 12.5 Å². The van der Waals surface area contributed by atoms with Gasteiger partial charge in [-0.1, -0.05) is 32.9 Å². The van der Waals surface area contributed by atoms with Crippen LogP contribution in [-0.4, -0.2) is 18.4 Å². The summed E-state index contributed by atoms with van der Waals surface area (Å²) in [5.41, 5.74) is 1.94. The fourth-order valence-corrected chi connectivity index (χ4v) is 1.74. The van der Waals surface area contributed by atoms with Crippen LogP contribution in [0, 0.1) is 5.92 Å². The third-order valence-electron chi connectivity index (χ3n) is 3.01. The summed E-state index contributed by atoms with van der Waals surface area (Å²) in [5, 5.41) is 5.47. The summed E-state index contributed by atoms with van der Waals surface area (Å²) in [4.78, 5) is 23.3. The SMILES string of the molecule is CCc1ccc(NC(=O)CC(=O)NCCC(C)C)cc1. The lowest BCUT2D eigenvalue weighted by Crippen LogP contribution is -2.29. The maximum Gasteiger partial charge on any atom is 0.233 e. The maximum atomic E-state index is 11.7. The summed E-state index contributed by atoms with van der Waals surface area (Å²) >= 11 is 0. The van der Waals surface area contributed by atoms with Crippen molar-refractivity contribution in [1.29, 1.82) is 0 Å². The molecule has 20 heavy (non-hydrogen) atoms. The molecule has 0 aromatic heterocycles. The Balaban J connectivity index is 2.33. The van der Waals surface area contributed by atoms with Crippen molar-refractivity contribution in [2.75, 3.05) is 11.9 Å². The van der Waals surface area contributed by atoms with E-state index in [4.69, 9.17) is 0 Å². The average molecular weight is 276 g/mol. The van der Waals surface area contributed by atoms with Crippen LogP contribution in [0.2, 0.25) is 0 Å². The second-order valence-electron chi connectivity index (χ2n) is 5.31.